The molecular weight excluding hydrogens is 514 g/mol. The Balaban J connectivity index is 1.26. The van der Waals surface area contributed by atoms with E-state index < -0.39 is 41.7 Å². The fourth-order valence-corrected chi connectivity index (χ4v) is 6.13. The van der Waals surface area contributed by atoms with E-state index in [2.05, 4.69) is 5.32 Å². The largest absolute Gasteiger partial charge is 0.454 e. The minimum Gasteiger partial charge on any atom is -0.454 e. The van der Waals surface area contributed by atoms with Gasteiger partial charge in [-0.2, -0.15) is 0 Å². The lowest BCUT2D eigenvalue weighted by molar-refractivity contribution is -0.132. The lowest BCUT2D eigenvalue weighted by Crippen LogP contribution is -2.46. The van der Waals surface area contributed by atoms with Crippen molar-refractivity contribution in [1.82, 2.24) is 4.90 Å². The van der Waals surface area contributed by atoms with Crippen LogP contribution in [0, 0.1) is 11.8 Å². The number of hydrogen-bond acceptors (Lipinski definition) is 8. The highest BCUT2D eigenvalue weighted by Crippen LogP contribution is 2.53. The summed E-state index contributed by atoms with van der Waals surface area (Å²) in [6, 6.07) is 17.5. The third kappa shape index (κ3) is 3.64. The van der Waals surface area contributed by atoms with Crippen molar-refractivity contribution in [2.24, 2.45) is 11.8 Å². The zero-order valence-corrected chi connectivity index (χ0v) is 21.3. The van der Waals surface area contributed by atoms with Gasteiger partial charge in [-0.3, -0.25) is 19.2 Å². The van der Waals surface area contributed by atoms with Crippen LogP contribution in [0.25, 0.3) is 6.08 Å². The van der Waals surface area contributed by atoms with Crippen LogP contribution in [-0.2, 0) is 19.2 Å². The van der Waals surface area contributed by atoms with Crippen LogP contribution in [0.2, 0.25) is 0 Å². The highest BCUT2D eigenvalue weighted by Gasteiger charge is 2.64. The van der Waals surface area contributed by atoms with E-state index in [1.54, 1.807) is 36.5 Å². The van der Waals surface area contributed by atoms with E-state index in [0.717, 1.165) is 16.0 Å². The van der Waals surface area contributed by atoms with Crippen LogP contribution in [0.15, 0.2) is 72.9 Å². The van der Waals surface area contributed by atoms with Gasteiger partial charge in [0.25, 0.3) is 0 Å². The van der Waals surface area contributed by atoms with Crippen LogP contribution in [-0.4, -0.2) is 41.4 Å². The Bertz CT molecular complexity index is 1620. The van der Waals surface area contributed by atoms with Gasteiger partial charge in [0, 0.05) is 24.9 Å². The van der Waals surface area contributed by atoms with E-state index in [9.17, 15) is 19.2 Å². The molecule has 4 aliphatic heterocycles. The maximum Gasteiger partial charge on any atom is 0.308 e. The Hall–Kier alpha value is -5.12. The van der Waals surface area contributed by atoms with Gasteiger partial charge in [-0.15, -0.1) is 0 Å². The standard InChI is InChI=1S/C30H23N3O7/c1-16(34)40-20-9-7-19(8-10-20)33-29(36)24-25(30(33)37)27(32-13-12-17-4-2-3-5-21(17)26(24)32)28(35)31-18-6-11-22-23(14-18)39-15-38-22/h2-14,24-27H,15H2,1H3,(H,31,35). The first-order valence-electron chi connectivity index (χ1n) is 12.8. The summed E-state index contributed by atoms with van der Waals surface area (Å²) in [4.78, 5) is 56.1. The van der Waals surface area contributed by atoms with Crippen molar-refractivity contribution in [2.45, 2.75) is 19.0 Å². The zero-order chi connectivity index (χ0) is 27.5. The lowest BCUT2D eigenvalue weighted by Gasteiger charge is -2.35. The van der Waals surface area contributed by atoms with Gasteiger partial charge in [0.15, 0.2) is 11.5 Å². The summed E-state index contributed by atoms with van der Waals surface area (Å²) in [5, 5.41) is 2.92. The second-order valence-corrected chi connectivity index (χ2v) is 9.99. The number of benzene rings is 3. The van der Waals surface area contributed by atoms with Crippen molar-refractivity contribution in [1.29, 1.82) is 0 Å². The van der Waals surface area contributed by atoms with E-state index in [-0.39, 0.29) is 12.7 Å². The minimum atomic E-state index is -0.938. The van der Waals surface area contributed by atoms with Crippen molar-refractivity contribution < 1.29 is 33.4 Å². The smallest absolute Gasteiger partial charge is 0.308 e. The van der Waals surface area contributed by atoms with Gasteiger partial charge in [-0.05, 0) is 53.6 Å². The van der Waals surface area contributed by atoms with Gasteiger partial charge in [0.05, 0.1) is 23.6 Å². The predicted octanol–water partition coefficient (Wildman–Crippen LogP) is 3.49. The summed E-state index contributed by atoms with van der Waals surface area (Å²) in [7, 11) is 0. The zero-order valence-electron chi connectivity index (χ0n) is 21.3. The first kappa shape index (κ1) is 24.0. The van der Waals surface area contributed by atoms with Crippen LogP contribution < -0.4 is 24.4 Å². The fraction of sp³-hybridized carbons (Fsp3) is 0.200. The van der Waals surface area contributed by atoms with Crippen LogP contribution in [0.3, 0.4) is 0 Å². The molecule has 40 heavy (non-hydrogen) atoms. The van der Waals surface area contributed by atoms with E-state index in [0.29, 0.717) is 28.6 Å². The summed E-state index contributed by atoms with van der Waals surface area (Å²) in [5.74, 6) is -2.02. The topological polar surface area (TPSA) is 114 Å². The average Bonchev–Trinajstić information content (AvgIpc) is 3.62. The number of rotatable bonds is 4. The number of carbonyl (C=O) groups is 4. The van der Waals surface area contributed by atoms with Crippen LogP contribution in [0.4, 0.5) is 11.4 Å². The van der Waals surface area contributed by atoms with Gasteiger partial charge in [0.2, 0.25) is 24.5 Å². The normalized spacial score (nSPS) is 23.5. The summed E-state index contributed by atoms with van der Waals surface area (Å²) in [6.45, 7) is 1.40. The lowest BCUT2D eigenvalue weighted by atomic mass is 9.84. The number of amides is 3. The molecule has 3 amide bonds. The predicted molar refractivity (Wildman–Crippen MR) is 142 cm³/mol. The average molecular weight is 538 g/mol. The van der Waals surface area contributed by atoms with Crippen molar-refractivity contribution in [2.75, 3.05) is 17.0 Å². The molecule has 4 aliphatic rings. The monoisotopic (exact) mass is 537 g/mol. The first-order valence-corrected chi connectivity index (χ1v) is 12.8. The van der Waals surface area contributed by atoms with Crippen molar-refractivity contribution in [3.8, 4) is 17.2 Å². The Morgan fingerprint density at radius 3 is 2.48 bits per heavy atom. The molecule has 2 fully saturated rings. The SMILES string of the molecule is CC(=O)Oc1ccc(N2C(=O)C3C(C2=O)C2c4ccccc4C=CN2C3C(=O)Nc2ccc3c(c2)OCO3)cc1. The van der Waals surface area contributed by atoms with Crippen LogP contribution >= 0.6 is 0 Å². The third-order valence-electron chi connectivity index (χ3n) is 7.73. The molecule has 4 unspecified atom stereocenters. The molecule has 0 saturated carbocycles. The molecule has 3 aromatic rings. The Morgan fingerprint density at radius 2 is 1.68 bits per heavy atom. The molecule has 1 N–H and O–H groups in total. The number of anilines is 2. The molecule has 4 heterocycles. The van der Waals surface area contributed by atoms with Crippen LogP contribution in [0.5, 0.6) is 17.2 Å². The summed E-state index contributed by atoms with van der Waals surface area (Å²) in [5.41, 5.74) is 2.65. The molecular formula is C30H23N3O7. The Kier molecular flexibility index (Phi) is 5.38. The molecule has 0 bridgehead atoms. The van der Waals surface area contributed by atoms with E-state index in [1.165, 1.54) is 19.1 Å². The number of nitrogens with zero attached hydrogens (tertiary/aromatic N) is 2. The molecule has 10 heteroatoms. The second kappa shape index (κ2) is 8.98. The highest BCUT2D eigenvalue weighted by atomic mass is 16.7. The number of carbonyl (C=O) groups excluding carboxylic acids is 4. The molecule has 4 atom stereocenters. The number of nitrogens with one attached hydrogen (secondary N) is 1. The number of esters is 1. The van der Waals surface area contributed by atoms with Gasteiger partial charge in [0.1, 0.15) is 11.8 Å². The van der Waals surface area contributed by atoms with Crippen molar-refractivity contribution in [3.63, 3.8) is 0 Å². The molecule has 0 spiro atoms. The molecule has 2 saturated heterocycles. The minimum absolute atomic E-state index is 0.104. The molecule has 0 aromatic heterocycles. The highest BCUT2D eigenvalue weighted by molar-refractivity contribution is 6.24. The van der Waals surface area contributed by atoms with Gasteiger partial charge in [-0.1, -0.05) is 24.3 Å². The number of fused-ring (bicyclic) bond motifs is 6. The van der Waals surface area contributed by atoms with E-state index in [4.69, 9.17) is 14.2 Å². The molecule has 200 valence electrons. The third-order valence-corrected chi connectivity index (χ3v) is 7.73. The Labute approximate surface area is 228 Å². The fourth-order valence-electron chi connectivity index (χ4n) is 6.13. The Morgan fingerprint density at radius 1 is 0.925 bits per heavy atom. The van der Waals surface area contributed by atoms with Crippen molar-refractivity contribution >= 4 is 41.1 Å². The maximum absolute atomic E-state index is 14.0. The summed E-state index contributed by atoms with van der Waals surface area (Å²) < 4.78 is 15.9. The number of imide groups is 1. The second-order valence-electron chi connectivity index (χ2n) is 9.99. The first-order chi connectivity index (χ1) is 19.4. The molecule has 0 radical (unpaired) electrons. The van der Waals surface area contributed by atoms with E-state index >= 15 is 0 Å². The molecule has 0 aliphatic carbocycles. The summed E-state index contributed by atoms with van der Waals surface area (Å²) >= 11 is 0. The maximum atomic E-state index is 14.0. The number of ether oxygens (including phenoxy) is 3. The van der Waals surface area contributed by atoms with Crippen molar-refractivity contribution in [3.05, 3.63) is 84.1 Å². The van der Waals surface area contributed by atoms with Gasteiger partial charge in [-0.25, -0.2) is 4.90 Å². The quantitative estimate of drug-likeness (QED) is 0.306. The summed E-state index contributed by atoms with van der Waals surface area (Å²) in [6.07, 6.45) is 3.70. The number of hydrogen-bond donors (Lipinski definition) is 1. The van der Waals surface area contributed by atoms with Crippen LogP contribution in [0.1, 0.15) is 24.1 Å². The molecule has 7 rings (SSSR count). The molecule has 3 aromatic carbocycles. The molecule has 10 nitrogen and oxygen atoms in total. The van der Waals surface area contributed by atoms with E-state index in [1.807, 2.05) is 35.2 Å². The van der Waals surface area contributed by atoms with Gasteiger partial charge < -0.3 is 24.4 Å². The van der Waals surface area contributed by atoms with Gasteiger partial charge >= 0.3 is 5.97 Å².